The van der Waals surface area contributed by atoms with Crippen molar-refractivity contribution in [2.45, 2.75) is 38.8 Å². The average Bonchev–Trinajstić information content (AvgIpc) is 3.12. The zero-order chi connectivity index (χ0) is 17.3. The van der Waals surface area contributed by atoms with E-state index >= 15 is 0 Å². The van der Waals surface area contributed by atoms with Gasteiger partial charge in [-0.05, 0) is 38.8 Å². The van der Waals surface area contributed by atoms with Crippen molar-refractivity contribution in [2.24, 2.45) is 7.05 Å². The van der Waals surface area contributed by atoms with Crippen molar-refractivity contribution in [2.75, 3.05) is 6.54 Å². The highest BCUT2D eigenvalue weighted by atomic mass is 35.5. The number of para-hydroxylation sites is 1. The van der Waals surface area contributed by atoms with E-state index in [4.69, 9.17) is 16.3 Å². The van der Waals surface area contributed by atoms with Gasteiger partial charge in [0.25, 0.3) is 5.91 Å². The molecule has 1 aromatic carbocycles. The fourth-order valence-electron chi connectivity index (χ4n) is 3.34. The van der Waals surface area contributed by atoms with Crippen LogP contribution in [0.3, 0.4) is 0 Å². The molecule has 1 amide bonds. The zero-order valence-electron chi connectivity index (χ0n) is 14.2. The van der Waals surface area contributed by atoms with Gasteiger partial charge in [-0.1, -0.05) is 29.8 Å². The molecule has 0 bridgehead atoms. The first-order chi connectivity index (χ1) is 11.5. The Morgan fingerprint density at radius 3 is 2.71 bits per heavy atom. The van der Waals surface area contributed by atoms with Crippen molar-refractivity contribution in [1.29, 1.82) is 0 Å². The monoisotopic (exact) mass is 347 g/mol. The van der Waals surface area contributed by atoms with Crippen molar-refractivity contribution < 1.29 is 9.53 Å². The van der Waals surface area contributed by atoms with Crippen LogP contribution in [0.25, 0.3) is 0 Å². The Hall–Kier alpha value is -2.01. The molecule has 0 spiro atoms. The lowest BCUT2D eigenvalue weighted by Gasteiger charge is -2.28. The van der Waals surface area contributed by atoms with Crippen LogP contribution < -0.4 is 4.74 Å². The summed E-state index contributed by atoms with van der Waals surface area (Å²) in [5.74, 6) is 0.686. The van der Waals surface area contributed by atoms with E-state index in [-0.39, 0.29) is 11.9 Å². The number of hydrogen-bond acceptors (Lipinski definition) is 3. The quantitative estimate of drug-likeness (QED) is 0.850. The van der Waals surface area contributed by atoms with E-state index in [1.807, 2.05) is 49.2 Å². The Labute approximate surface area is 147 Å². The number of ether oxygens (including phenoxy) is 1. The maximum absolute atomic E-state index is 12.9. The lowest BCUT2D eigenvalue weighted by atomic mass is 10.1. The highest BCUT2D eigenvalue weighted by Crippen LogP contribution is 2.38. The topological polar surface area (TPSA) is 47.4 Å². The molecule has 1 aliphatic heterocycles. The average molecular weight is 348 g/mol. The van der Waals surface area contributed by atoms with Gasteiger partial charge in [-0.2, -0.15) is 5.10 Å². The molecule has 1 aliphatic rings. The molecule has 0 unspecified atom stereocenters. The number of halogens is 1. The van der Waals surface area contributed by atoms with Crippen molar-refractivity contribution in [3.05, 3.63) is 46.7 Å². The summed E-state index contributed by atoms with van der Waals surface area (Å²) in [6.45, 7) is 4.45. The summed E-state index contributed by atoms with van der Waals surface area (Å²) in [4.78, 5) is 14.8. The third kappa shape index (κ3) is 3.13. The van der Waals surface area contributed by atoms with Crippen LogP contribution in [0.5, 0.6) is 5.75 Å². The third-order valence-electron chi connectivity index (χ3n) is 4.47. The normalized spacial score (nSPS) is 18.7. The maximum Gasteiger partial charge on any atom is 0.263 e. The SMILES string of the molecule is Cc1nn(C)c(Cl)c1[C@@H]1CCCN1C(=O)[C@H](C)Oc1ccccc1. The predicted octanol–water partition coefficient (Wildman–Crippen LogP) is 3.51. The molecule has 1 saturated heterocycles. The molecular formula is C18H22ClN3O2. The van der Waals surface area contributed by atoms with Gasteiger partial charge in [0.2, 0.25) is 0 Å². The Balaban J connectivity index is 1.78. The van der Waals surface area contributed by atoms with E-state index in [2.05, 4.69) is 5.10 Å². The van der Waals surface area contributed by atoms with E-state index in [1.54, 1.807) is 11.6 Å². The lowest BCUT2D eigenvalue weighted by Crippen LogP contribution is -2.40. The van der Waals surface area contributed by atoms with Crippen LogP contribution in [0.1, 0.15) is 37.1 Å². The van der Waals surface area contributed by atoms with E-state index in [1.165, 1.54) is 0 Å². The summed E-state index contributed by atoms with van der Waals surface area (Å²) in [7, 11) is 1.82. The highest BCUT2D eigenvalue weighted by Gasteiger charge is 2.36. The molecule has 2 heterocycles. The highest BCUT2D eigenvalue weighted by molar-refractivity contribution is 6.30. The first-order valence-corrected chi connectivity index (χ1v) is 8.58. The van der Waals surface area contributed by atoms with Gasteiger partial charge in [-0.15, -0.1) is 0 Å². The fourth-order valence-corrected chi connectivity index (χ4v) is 3.64. The minimum atomic E-state index is -0.538. The summed E-state index contributed by atoms with van der Waals surface area (Å²) >= 11 is 6.40. The van der Waals surface area contributed by atoms with E-state index < -0.39 is 6.10 Å². The van der Waals surface area contributed by atoms with Crippen LogP contribution in [0, 0.1) is 6.92 Å². The zero-order valence-corrected chi connectivity index (χ0v) is 15.0. The van der Waals surface area contributed by atoms with Crippen molar-refractivity contribution in [3.8, 4) is 5.75 Å². The van der Waals surface area contributed by atoms with Gasteiger partial charge in [0, 0.05) is 19.2 Å². The lowest BCUT2D eigenvalue weighted by molar-refractivity contribution is -0.138. The molecule has 24 heavy (non-hydrogen) atoms. The summed E-state index contributed by atoms with van der Waals surface area (Å²) in [6.07, 6.45) is 1.32. The molecule has 5 nitrogen and oxygen atoms in total. The standard InChI is InChI=1S/C18H22ClN3O2/c1-12-16(17(19)21(3)20-12)15-10-7-11-22(15)18(23)13(2)24-14-8-5-4-6-9-14/h4-6,8-9,13,15H,7,10-11H2,1-3H3/t13-,15-/m0/s1. The number of amides is 1. The molecule has 6 heteroatoms. The van der Waals surface area contributed by atoms with Gasteiger partial charge in [0.15, 0.2) is 6.10 Å². The van der Waals surface area contributed by atoms with Crippen molar-refractivity contribution in [1.82, 2.24) is 14.7 Å². The first kappa shape index (κ1) is 16.8. The van der Waals surface area contributed by atoms with Crippen LogP contribution in [0.2, 0.25) is 5.15 Å². The smallest absolute Gasteiger partial charge is 0.263 e. The van der Waals surface area contributed by atoms with Gasteiger partial charge in [-0.25, -0.2) is 0 Å². The number of rotatable bonds is 4. The van der Waals surface area contributed by atoms with Crippen LogP contribution in [0.15, 0.2) is 30.3 Å². The predicted molar refractivity (Wildman–Crippen MR) is 93.2 cm³/mol. The number of carbonyl (C=O) groups excluding carboxylic acids is 1. The molecule has 0 N–H and O–H groups in total. The van der Waals surface area contributed by atoms with Crippen molar-refractivity contribution in [3.63, 3.8) is 0 Å². The van der Waals surface area contributed by atoms with Gasteiger partial charge in [-0.3, -0.25) is 9.48 Å². The fraction of sp³-hybridized carbons (Fsp3) is 0.444. The number of likely N-dealkylation sites (tertiary alicyclic amines) is 1. The number of aryl methyl sites for hydroxylation is 2. The molecule has 1 fully saturated rings. The second-order valence-electron chi connectivity index (χ2n) is 6.18. The molecule has 3 rings (SSSR count). The Morgan fingerprint density at radius 1 is 1.38 bits per heavy atom. The largest absolute Gasteiger partial charge is 0.481 e. The van der Waals surface area contributed by atoms with Crippen LogP contribution >= 0.6 is 11.6 Å². The summed E-state index contributed by atoms with van der Waals surface area (Å²) in [5.41, 5.74) is 1.83. The van der Waals surface area contributed by atoms with Gasteiger partial charge in [0.1, 0.15) is 10.9 Å². The Bertz CT molecular complexity index is 729. The molecular weight excluding hydrogens is 326 g/mol. The number of nitrogens with zero attached hydrogens (tertiary/aromatic N) is 3. The van der Waals surface area contributed by atoms with E-state index in [9.17, 15) is 4.79 Å². The Morgan fingerprint density at radius 2 is 2.08 bits per heavy atom. The van der Waals surface area contributed by atoms with Crippen LogP contribution in [-0.2, 0) is 11.8 Å². The first-order valence-electron chi connectivity index (χ1n) is 8.20. The summed E-state index contributed by atoms with van der Waals surface area (Å²) < 4.78 is 7.46. The van der Waals surface area contributed by atoms with Crippen molar-refractivity contribution >= 4 is 17.5 Å². The van der Waals surface area contributed by atoms with Crippen LogP contribution in [0.4, 0.5) is 0 Å². The number of hydrogen-bond donors (Lipinski definition) is 0. The molecule has 2 aromatic rings. The maximum atomic E-state index is 12.9. The Kier molecular flexibility index (Phi) is 4.81. The molecule has 0 aliphatic carbocycles. The summed E-state index contributed by atoms with van der Waals surface area (Å²) in [6, 6.07) is 9.39. The molecule has 2 atom stereocenters. The number of aromatic nitrogens is 2. The second-order valence-corrected chi connectivity index (χ2v) is 6.53. The molecule has 0 radical (unpaired) electrons. The number of carbonyl (C=O) groups is 1. The molecule has 0 saturated carbocycles. The third-order valence-corrected chi connectivity index (χ3v) is 4.92. The second kappa shape index (κ2) is 6.85. The van der Waals surface area contributed by atoms with E-state index in [0.29, 0.717) is 10.9 Å². The van der Waals surface area contributed by atoms with Gasteiger partial charge < -0.3 is 9.64 Å². The summed E-state index contributed by atoms with van der Waals surface area (Å²) in [5, 5.41) is 4.98. The van der Waals surface area contributed by atoms with Gasteiger partial charge in [0.05, 0.1) is 11.7 Å². The van der Waals surface area contributed by atoms with Crippen LogP contribution in [-0.4, -0.2) is 33.2 Å². The minimum absolute atomic E-state index is 0.0133. The number of benzene rings is 1. The molecule has 1 aromatic heterocycles. The minimum Gasteiger partial charge on any atom is -0.481 e. The van der Waals surface area contributed by atoms with E-state index in [0.717, 1.165) is 30.6 Å². The van der Waals surface area contributed by atoms with Gasteiger partial charge >= 0.3 is 0 Å². The molecule has 128 valence electrons.